The van der Waals surface area contributed by atoms with E-state index in [1.54, 1.807) is 38.4 Å². The first-order chi connectivity index (χ1) is 19.2. The summed E-state index contributed by atoms with van der Waals surface area (Å²) in [4.78, 5) is 30.5. The van der Waals surface area contributed by atoms with Crippen LogP contribution in [0.5, 0.6) is 5.75 Å². The number of amides is 2. The van der Waals surface area contributed by atoms with Crippen LogP contribution in [0.25, 0.3) is 0 Å². The molecule has 0 atom stereocenters. The third-order valence-electron chi connectivity index (χ3n) is 7.70. The molecule has 0 aliphatic carbocycles. The second kappa shape index (κ2) is 11.3. The van der Waals surface area contributed by atoms with E-state index in [1.807, 2.05) is 29.2 Å². The second-order valence-corrected chi connectivity index (χ2v) is 12.3. The number of H-pyrrole nitrogens is 1. The van der Waals surface area contributed by atoms with Gasteiger partial charge in [-0.15, -0.1) is 0 Å². The van der Waals surface area contributed by atoms with E-state index in [1.165, 1.54) is 10.6 Å². The Morgan fingerprint density at radius 3 is 2.50 bits per heavy atom. The number of aromatic nitrogens is 2. The largest absolute Gasteiger partial charge is 0.497 e. The van der Waals surface area contributed by atoms with Crippen molar-refractivity contribution in [3.8, 4) is 5.75 Å². The number of carbonyl (C=O) groups excluding carboxylic acids is 2. The highest BCUT2D eigenvalue weighted by Crippen LogP contribution is 2.30. The number of ether oxygens (including phenoxy) is 1. The lowest BCUT2D eigenvalue weighted by atomic mass is 9.96. The van der Waals surface area contributed by atoms with Crippen LogP contribution in [0.2, 0.25) is 0 Å². The number of aromatic amines is 1. The minimum Gasteiger partial charge on any atom is -0.497 e. The summed E-state index contributed by atoms with van der Waals surface area (Å²) in [5.41, 5.74) is 3.85. The molecule has 1 fully saturated rings. The maximum atomic E-state index is 13.4. The van der Waals surface area contributed by atoms with Gasteiger partial charge in [0.25, 0.3) is 11.8 Å². The Bertz CT molecular complexity index is 1500. The van der Waals surface area contributed by atoms with Crippen molar-refractivity contribution in [1.29, 1.82) is 0 Å². The van der Waals surface area contributed by atoms with Crippen molar-refractivity contribution in [1.82, 2.24) is 19.4 Å². The van der Waals surface area contributed by atoms with Gasteiger partial charge in [-0.2, -0.15) is 5.10 Å². The number of benzene rings is 2. The van der Waals surface area contributed by atoms with Crippen LogP contribution in [0.15, 0.2) is 48.5 Å². The maximum absolute atomic E-state index is 13.4. The van der Waals surface area contributed by atoms with Crippen molar-refractivity contribution in [2.75, 3.05) is 50.3 Å². The average Bonchev–Trinajstić information content (AvgIpc) is 3.39. The summed E-state index contributed by atoms with van der Waals surface area (Å²) in [6.07, 6.45) is 3.33. The molecule has 0 saturated carbocycles. The molecule has 0 radical (unpaired) electrons. The van der Waals surface area contributed by atoms with Crippen molar-refractivity contribution >= 4 is 33.2 Å². The molecule has 0 unspecified atom stereocenters. The predicted molar refractivity (Wildman–Crippen MR) is 152 cm³/mol. The summed E-state index contributed by atoms with van der Waals surface area (Å²) in [5.74, 6) is 0.193. The maximum Gasteiger partial charge on any atom is 0.276 e. The number of para-hydroxylation sites is 1. The molecule has 2 aliphatic heterocycles. The van der Waals surface area contributed by atoms with Crippen LogP contribution >= 0.6 is 0 Å². The molecule has 11 nitrogen and oxygen atoms in total. The van der Waals surface area contributed by atoms with E-state index in [4.69, 9.17) is 4.74 Å². The van der Waals surface area contributed by atoms with Gasteiger partial charge in [0.2, 0.25) is 10.0 Å². The highest BCUT2D eigenvalue weighted by molar-refractivity contribution is 7.88. The zero-order chi connectivity index (χ0) is 28.4. The zero-order valence-electron chi connectivity index (χ0n) is 22.9. The molecule has 2 amide bonds. The minimum atomic E-state index is -3.29. The number of nitrogens with one attached hydrogen (secondary N) is 2. The number of rotatable bonds is 8. The van der Waals surface area contributed by atoms with Crippen LogP contribution in [0, 0.1) is 0 Å². The minimum absolute atomic E-state index is 0.0719. The van der Waals surface area contributed by atoms with Gasteiger partial charge in [0.15, 0.2) is 5.69 Å². The van der Waals surface area contributed by atoms with E-state index in [2.05, 4.69) is 20.4 Å². The van der Waals surface area contributed by atoms with Crippen LogP contribution in [0.4, 0.5) is 11.4 Å². The fourth-order valence-electron chi connectivity index (χ4n) is 5.39. The molecule has 2 N–H and O–H groups in total. The quantitative estimate of drug-likeness (QED) is 0.429. The van der Waals surface area contributed by atoms with Gasteiger partial charge in [0, 0.05) is 56.2 Å². The summed E-state index contributed by atoms with van der Waals surface area (Å²) in [5, 5.41) is 9.85. The number of hydrogen-bond donors (Lipinski definition) is 2. The Balaban J connectivity index is 1.23. The summed E-state index contributed by atoms with van der Waals surface area (Å²) in [6, 6.07) is 14.9. The molecule has 3 heterocycles. The van der Waals surface area contributed by atoms with E-state index in [9.17, 15) is 18.0 Å². The van der Waals surface area contributed by atoms with Gasteiger partial charge in [-0.05, 0) is 55.2 Å². The molecular formula is C28H34N6O5S. The highest BCUT2D eigenvalue weighted by Gasteiger charge is 2.36. The lowest BCUT2D eigenvalue weighted by molar-refractivity contribution is 0.0625. The van der Waals surface area contributed by atoms with Crippen LogP contribution in [0.3, 0.4) is 0 Å². The standard InChI is InChI=1S/C28H34N6O5S/c1-32(40(3,37)38)18-19-6-4-5-7-24(19)33-15-12-21(13-16-33)34-17-14-23-25(30-31-26(23)28(34)36)27(35)29-20-8-10-22(39-2)11-9-20/h4-11,21H,12-18H2,1-3H3,(H,29,35)(H,30,31). The number of sulfonamides is 1. The molecule has 40 heavy (non-hydrogen) atoms. The molecule has 1 saturated heterocycles. The van der Waals surface area contributed by atoms with Gasteiger partial charge in [-0.3, -0.25) is 14.7 Å². The predicted octanol–water partition coefficient (Wildman–Crippen LogP) is 2.73. The smallest absolute Gasteiger partial charge is 0.276 e. The summed E-state index contributed by atoms with van der Waals surface area (Å²) < 4.78 is 30.4. The molecule has 0 spiro atoms. The Hall–Kier alpha value is -3.90. The molecule has 212 valence electrons. The molecule has 2 aromatic carbocycles. The van der Waals surface area contributed by atoms with Crippen LogP contribution < -0.4 is 15.0 Å². The van der Waals surface area contributed by atoms with Crippen LogP contribution in [-0.4, -0.2) is 85.7 Å². The molecule has 0 bridgehead atoms. The Labute approximate surface area is 234 Å². The summed E-state index contributed by atoms with van der Waals surface area (Å²) >= 11 is 0. The molecule has 1 aromatic heterocycles. The van der Waals surface area contributed by atoms with E-state index in [0.29, 0.717) is 42.2 Å². The van der Waals surface area contributed by atoms with Crippen molar-refractivity contribution in [3.63, 3.8) is 0 Å². The van der Waals surface area contributed by atoms with E-state index in [-0.39, 0.29) is 23.6 Å². The van der Waals surface area contributed by atoms with Crippen molar-refractivity contribution in [2.24, 2.45) is 0 Å². The van der Waals surface area contributed by atoms with Gasteiger partial charge in [-0.1, -0.05) is 18.2 Å². The monoisotopic (exact) mass is 566 g/mol. The van der Waals surface area contributed by atoms with Crippen molar-refractivity contribution in [3.05, 3.63) is 71.0 Å². The average molecular weight is 567 g/mol. The fraction of sp³-hybridized carbons (Fsp3) is 0.393. The SMILES string of the molecule is COc1ccc(NC(=O)c2n[nH]c3c2CCN(C2CCN(c4ccccc4CN(C)S(C)(=O)=O)CC2)C3=O)cc1. The number of anilines is 2. The van der Waals surface area contributed by atoms with E-state index in [0.717, 1.165) is 37.2 Å². The summed E-state index contributed by atoms with van der Waals surface area (Å²) in [7, 11) is -0.131. The third kappa shape index (κ3) is 5.68. The van der Waals surface area contributed by atoms with Crippen molar-refractivity contribution < 1.29 is 22.7 Å². The van der Waals surface area contributed by atoms with Gasteiger partial charge >= 0.3 is 0 Å². The van der Waals surface area contributed by atoms with Crippen molar-refractivity contribution in [2.45, 2.75) is 31.8 Å². The number of piperidine rings is 1. The van der Waals surface area contributed by atoms with Gasteiger partial charge < -0.3 is 19.9 Å². The highest BCUT2D eigenvalue weighted by atomic mass is 32.2. The lowest BCUT2D eigenvalue weighted by Gasteiger charge is -2.41. The number of fused-ring (bicyclic) bond motifs is 1. The summed E-state index contributed by atoms with van der Waals surface area (Å²) in [6.45, 7) is 2.32. The molecule has 12 heteroatoms. The zero-order valence-corrected chi connectivity index (χ0v) is 23.7. The van der Waals surface area contributed by atoms with Gasteiger partial charge in [0.05, 0.1) is 13.4 Å². The molecule has 5 rings (SSSR count). The number of nitrogens with zero attached hydrogens (tertiary/aromatic N) is 4. The Morgan fingerprint density at radius 2 is 1.82 bits per heavy atom. The van der Waals surface area contributed by atoms with Crippen LogP contribution in [0.1, 0.15) is 44.9 Å². The Kier molecular flexibility index (Phi) is 7.81. The molecular weight excluding hydrogens is 532 g/mol. The first-order valence-electron chi connectivity index (χ1n) is 13.2. The number of methoxy groups -OCH3 is 1. The Morgan fingerprint density at radius 1 is 1.12 bits per heavy atom. The third-order valence-corrected chi connectivity index (χ3v) is 8.97. The number of hydrogen-bond acceptors (Lipinski definition) is 7. The second-order valence-electron chi connectivity index (χ2n) is 10.2. The molecule has 2 aliphatic rings. The first-order valence-corrected chi connectivity index (χ1v) is 15.1. The molecule has 3 aromatic rings. The first kappa shape index (κ1) is 27.7. The topological polar surface area (TPSA) is 128 Å². The normalized spacial score (nSPS) is 16.2. The fourth-order valence-corrected chi connectivity index (χ4v) is 5.77. The van der Waals surface area contributed by atoms with Gasteiger partial charge in [0.1, 0.15) is 11.4 Å². The van der Waals surface area contributed by atoms with E-state index >= 15 is 0 Å². The van der Waals surface area contributed by atoms with Gasteiger partial charge in [-0.25, -0.2) is 12.7 Å². The van der Waals surface area contributed by atoms with Crippen LogP contribution in [-0.2, 0) is 23.0 Å². The number of carbonyl (C=O) groups is 2. The lowest BCUT2D eigenvalue weighted by Crippen LogP contribution is -2.50. The van der Waals surface area contributed by atoms with E-state index < -0.39 is 10.0 Å².